The SMILES string of the molecule is CCCCCPS.[V]. The van der Waals surface area contributed by atoms with Crippen molar-refractivity contribution in [3.63, 3.8) is 0 Å². The number of rotatable bonds is 4. The molecule has 0 rings (SSSR count). The topological polar surface area (TPSA) is 0 Å². The van der Waals surface area contributed by atoms with Crippen LogP contribution in [0.2, 0.25) is 0 Å². The summed E-state index contributed by atoms with van der Waals surface area (Å²) in [5.74, 6) is 0. The van der Waals surface area contributed by atoms with Crippen molar-refractivity contribution in [2.24, 2.45) is 0 Å². The van der Waals surface area contributed by atoms with Gasteiger partial charge in [0.1, 0.15) is 0 Å². The van der Waals surface area contributed by atoms with Gasteiger partial charge in [-0.2, -0.15) is 12.2 Å². The fraction of sp³-hybridized carbons (Fsp3) is 1.00. The molecule has 0 aliphatic carbocycles. The molecule has 3 heteroatoms. The molecule has 0 fully saturated rings. The third-order valence-corrected chi connectivity index (χ3v) is 2.14. The van der Waals surface area contributed by atoms with Crippen LogP contribution in [0.3, 0.4) is 0 Å². The molecule has 0 spiro atoms. The molecular formula is C5H13PSV. The average Bonchev–Trinajstić information content (AvgIpc) is 1.69. The van der Waals surface area contributed by atoms with E-state index < -0.39 is 0 Å². The van der Waals surface area contributed by atoms with E-state index in [9.17, 15) is 0 Å². The van der Waals surface area contributed by atoms with Crippen LogP contribution in [0, 0.1) is 0 Å². The quantitative estimate of drug-likeness (QED) is 0.390. The normalized spacial score (nSPS) is 9.75. The van der Waals surface area contributed by atoms with Crippen LogP contribution in [0.5, 0.6) is 0 Å². The van der Waals surface area contributed by atoms with Crippen molar-refractivity contribution in [3.8, 4) is 0 Å². The van der Waals surface area contributed by atoms with E-state index in [1.54, 1.807) is 0 Å². The molecule has 0 saturated heterocycles. The Labute approximate surface area is 71.0 Å². The molecule has 0 aliphatic heterocycles. The molecule has 1 radical (unpaired) electrons. The van der Waals surface area contributed by atoms with E-state index >= 15 is 0 Å². The molecule has 0 N–H and O–H groups in total. The maximum Gasteiger partial charge on any atom is 0 e. The maximum atomic E-state index is 4.12. The van der Waals surface area contributed by atoms with Crippen molar-refractivity contribution in [1.29, 1.82) is 0 Å². The van der Waals surface area contributed by atoms with Gasteiger partial charge in [0, 0.05) is 18.6 Å². The Morgan fingerprint density at radius 3 is 2.38 bits per heavy atom. The monoisotopic (exact) mass is 187 g/mol. The summed E-state index contributed by atoms with van der Waals surface area (Å²) < 4.78 is 0. The second-order valence-corrected chi connectivity index (χ2v) is 3.38. The van der Waals surface area contributed by atoms with E-state index in [-0.39, 0.29) is 18.6 Å². The second-order valence-electron chi connectivity index (χ2n) is 1.62. The maximum absolute atomic E-state index is 4.12. The van der Waals surface area contributed by atoms with E-state index in [0.717, 1.165) is 7.78 Å². The molecule has 0 nitrogen and oxygen atoms in total. The first-order chi connectivity index (χ1) is 3.41. The molecule has 0 aromatic carbocycles. The Bertz CT molecular complexity index is 31.6. The molecule has 0 aromatic rings. The fourth-order valence-electron chi connectivity index (χ4n) is 0.454. The summed E-state index contributed by atoms with van der Waals surface area (Å²) in [6.07, 6.45) is 5.40. The third-order valence-electron chi connectivity index (χ3n) is 0.892. The molecule has 0 aliphatic rings. The predicted molar refractivity (Wildman–Crippen MR) is 41.7 cm³/mol. The van der Waals surface area contributed by atoms with Crippen molar-refractivity contribution in [2.45, 2.75) is 26.2 Å². The molecule has 1 unspecified atom stereocenters. The molecule has 0 bridgehead atoms. The number of thiol groups is 1. The Kier molecular flexibility index (Phi) is 16.9. The van der Waals surface area contributed by atoms with Gasteiger partial charge in [-0.05, 0) is 12.6 Å². The molecule has 0 saturated carbocycles. The van der Waals surface area contributed by atoms with E-state index in [1.165, 1.54) is 25.4 Å². The minimum Gasteiger partial charge on any atom is -0.155 e. The zero-order chi connectivity index (χ0) is 5.54. The van der Waals surface area contributed by atoms with Gasteiger partial charge in [-0.1, -0.05) is 27.5 Å². The average molecular weight is 187 g/mol. The van der Waals surface area contributed by atoms with Crippen molar-refractivity contribution >= 4 is 20.0 Å². The Morgan fingerprint density at radius 2 is 2.00 bits per heavy atom. The van der Waals surface area contributed by atoms with Gasteiger partial charge in [0.25, 0.3) is 0 Å². The number of hydrogen-bond acceptors (Lipinski definition) is 1. The summed E-state index contributed by atoms with van der Waals surface area (Å²) in [4.78, 5) is 0. The van der Waals surface area contributed by atoms with Gasteiger partial charge in [0.2, 0.25) is 0 Å². The fourth-order valence-corrected chi connectivity index (χ4v) is 1.34. The van der Waals surface area contributed by atoms with Crippen LogP contribution in [0.25, 0.3) is 0 Å². The summed E-state index contributed by atoms with van der Waals surface area (Å²) in [7, 11) is 0.862. The zero-order valence-electron chi connectivity index (χ0n) is 5.22. The standard InChI is InChI=1S/C5H13PS.V/c1-2-3-4-5-6-7;/h6-7H,2-5H2,1H3;. The minimum absolute atomic E-state index is 0. The minimum atomic E-state index is 0. The third kappa shape index (κ3) is 10.4. The summed E-state index contributed by atoms with van der Waals surface area (Å²) in [6.45, 7) is 2.22. The van der Waals surface area contributed by atoms with Gasteiger partial charge >= 0.3 is 0 Å². The van der Waals surface area contributed by atoms with Crippen molar-refractivity contribution < 1.29 is 18.6 Å². The van der Waals surface area contributed by atoms with Gasteiger partial charge in [0.15, 0.2) is 0 Å². The Hall–Kier alpha value is 1.36. The molecule has 0 amide bonds. The van der Waals surface area contributed by atoms with Gasteiger partial charge in [0.05, 0.1) is 0 Å². The second kappa shape index (κ2) is 11.2. The van der Waals surface area contributed by atoms with Gasteiger partial charge in [-0.25, -0.2) is 0 Å². The molecule has 49 valence electrons. The van der Waals surface area contributed by atoms with Crippen LogP contribution in [0.1, 0.15) is 26.2 Å². The van der Waals surface area contributed by atoms with Crippen LogP contribution in [0.4, 0.5) is 0 Å². The van der Waals surface area contributed by atoms with Crippen molar-refractivity contribution in [2.75, 3.05) is 6.16 Å². The number of unbranched alkanes of at least 4 members (excludes halogenated alkanes) is 2. The summed E-state index contributed by atoms with van der Waals surface area (Å²) in [5.41, 5.74) is 0. The van der Waals surface area contributed by atoms with Gasteiger partial charge in [-0.3, -0.25) is 0 Å². The Morgan fingerprint density at radius 1 is 1.38 bits per heavy atom. The molecule has 0 aromatic heterocycles. The first-order valence-electron chi connectivity index (χ1n) is 2.78. The van der Waals surface area contributed by atoms with Crippen LogP contribution in [-0.2, 0) is 18.6 Å². The van der Waals surface area contributed by atoms with E-state index in [2.05, 4.69) is 19.2 Å². The van der Waals surface area contributed by atoms with Crippen LogP contribution >= 0.6 is 20.0 Å². The predicted octanol–water partition coefficient (Wildman–Crippen LogP) is 2.70. The van der Waals surface area contributed by atoms with Gasteiger partial charge in [-0.15, -0.1) is 0 Å². The van der Waals surface area contributed by atoms with E-state index in [1.807, 2.05) is 0 Å². The summed E-state index contributed by atoms with van der Waals surface area (Å²) in [5, 5.41) is 0. The van der Waals surface area contributed by atoms with E-state index in [0.29, 0.717) is 0 Å². The van der Waals surface area contributed by atoms with Gasteiger partial charge < -0.3 is 0 Å². The van der Waals surface area contributed by atoms with Crippen LogP contribution in [-0.4, -0.2) is 6.16 Å². The van der Waals surface area contributed by atoms with Crippen LogP contribution < -0.4 is 0 Å². The summed E-state index contributed by atoms with van der Waals surface area (Å²) in [6, 6.07) is 0. The first kappa shape index (κ1) is 12.1. The van der Waals surface area contributed by atoms with Crippen LogP contribution in [0.15, 0.2) is 0 Å². The molecule has 1 atom stereocenters. The Balaban J connectivity index is 0. The van der Waals surface area contributed by atoms with Crippen molar-refractivity contribution in [3.05, 3.63) is 0 Å². The molecular weight excluding hydrogens is 174 g/mol. The first-order valence-corrected chi connectivity index (χ1v) is 5.28. The zero-order valence-corrected chi connectivity index (χ0v) is 8.51. The number of hydrogen-bond donors (Lipinski definition) is 1. The summed E-state index contributed by atoms with van der Waals surface area (Å²) >= 11 is 4.12. The largest absolute Gasteiger partial charge is 0.155 e. The van der Waals surface area contributed by atoms with Crippen molar-refractivity contribution in [1.82, 2.24) is 0 Å². The molecule has 8 heavy (non-hydrogen) atoms. The molecule has 0 heterocycles. The van der Waals surface area contributed by atoms with E-state index in [4.69, 9.17) is 0 Å². The smallest absolute Gasteiger partial charge is 0 e.